The minimum absolute atomic E-state index is 0.523. The zero-order valence-corrected chi connectivity index (χ0v) is 14.5. The van der Waals surface area contributed by atoms with Crippen LogP contribution in [-0.2, 0) is 3.83 Å². The van der Waals surface area contributed by atoms with Crippen LogP contribution in [0.3, 0.4) is 0 Å². The Morgan fingerprint density at radius 2 is 1.50 bits per heavy atom. The standard InChI is InChI=1S/C10H23AsINO3/c1-4-7-11(10-12,8-5-2,9-6-3)16-13(14)15/h4-10H2,1-3H3. The van der Waals surface area contributed by atoms with E-state index in [1.54, 1.807) is 0 Å². The van der Waals surface area contributed by atoms with Gasteiger partial charge < -0.3 is 0 Å². The molecule has 0 unspecified atom stereocenters. The molecule has 6 heteroatoms. The van der Waals surface area contributed by atoms with Gasteiger partial charge in [-0.1, -0.05) is 0 Å². The van der Waals surface area contributed by atoms with Gasteiger partial charge in [-0.25, -0.2) is 0 Å². The Kier molecular flexibility index (Phi) is 7.26. The first-order chi connectivity index (χ1) is 7.47. The first kappa shape index (κ1) is 16.5. The Hall–Kier alpha value is 0.488. The van der Waals surface area contributed by atoms with E-state index in [0.29, 0.717) is 0 Å². The molecule has 0 rings (SSSR count). The van der Waals surface area contributed by atoms with Crippen molar-refractivity contribution < 1.29 is 8.91 Å². The van der Waals surface area contributed by atoms with Crippen LogP contribution in [0, 0.1) is 10.1 Å². The van der Waals surface area contributed by atoms with E-state index in [1.165, 1.54) is 0 Å². The molecule has 0 amide bonds. The third-order valence-electron chi connectivity index (χ3n) is 2.97. The summed E-state index contributed by atoms with van der Waals surface area (Å²) in [5.41, 5.74) is 0. The summed E-state index contributed by atoms with van der Waals surface area (Å²) in [6, 6.07) is 0. The van der Waals surface area contributed by atoms with Crippen LogP contribution in [-0.4, -0.2) is 21.1 Å². The van der Waals surface area contributed by atoms with Crippen LogP contribution in [0.1, 0.15) is 40.0 Å². The van der Waals surface area contributed by atoms with Crippen molar-refractivity contribution in [2.24, 2.45) is 0 Å². The van der Waals surface area contributed by atoms with Crippen molar-refractivity contribution in [3.63, 3.8) is 0 Å². The predicted octanol–water partition coefficient (Wildman–Crippen LogP) is 4.30. The van der Waals surface area contributed by atoms with E-state index in [2.05, 4.69) is 43.4 Å². The van der Waals surface area contributed by atoms with Gasteiger partial charge in [0.05, 0.1) is 0 Å². The van der Waals surface area contributed by atoms with Crippen LogP contribution in [0.25, 0.3) is 0 Å². The quantitative estimate of drug-likeness (QED) is 0.188. The Labute approximate surface area is 113 Å². The molecule has 0 N–H and O–H groups in total. The van der Waals surface area contributed by atoms with E-state index >= 15 is 0 Å². The summed E-state index contributed by atoms with van der Waals surface area (Å²) in [4.78, 5) is 10.8. The van der Waals surface area contributed by atoms with Crippen LogP contribution < -0.4 is 0 Å². The average molecular weight is 407 g/mol. The fourth-order valence-corrected chi connectivity index (χ4v) is 19.2. The molecule has 0 spiro atoms. The van der Waals surface area contributed by atoms with E-state index in [1.807, 2.05) is 0 Å². The number of halogens is 1. The summed E-state index contributed by atoms with van der Waals surface area (Å²) in [7, 11) is 0. The summed E-state index contributed by atoms with van der Waals surface area (Å²) in [6.45, 7) is 6.29. The van der Waals surface area contributed by atoms with Crippen LogP contribution in [0.4, 0.5) is 0 Å². The molecular weight excluding hydrogens is 384 g/mol. The Morgan fingerprint density at radius 1 is 1.12 bits per heavy atom. The van der Waals surface area contributed by atoms with Crippen molar-refractivity contribution in [1.29, 1.82) is 0 Å². The predicted molar refractivity (Wildman–Crippen MR) is 78.0 cm³/mol. The van der Waals surface area contributed by atoms with Gasteiger partial charge in [-0.15, -0.1) is 0 Å². The van der Waals surface area contributed by atoms with Crippen LogP contribution in [0.5, 0.6) is 0 Å². The second kappa shape index (κ2) is 7.04. The van der Waals surface area contributed by atoms with Crippen molar-refractivity contribution in [3.8, 4) is 0 Å². The van der Waals surface area contributed by atoms with Crippen molar-refractivity contribution in [1.82, 2.24) is 0 Å². The van der Waals surface area contributed by atoms with Gasteiger partial charge >= 0.3 is 113 Å². The number of rotatable bonds is 9. The molecule has 0 aromatic carbocycles. The Balaban J connectivity index is 5.21. The Morgan fingerprint density at radius 3 is 1.69 bits per heavy atom. The van der Waals surface area contributed by atoms with Crippen molar-refractivity contribution in [3.05, 3.63) is 10.1 Å². The minimum atomic E-state index is -3.18. The van der Waals surface area contributed by atoms with Gasteiger partial charge in [-0.05, 0) is 0 Å². The summed E-state index contributed by atoms with van der Waals surface area (Å²) in [5.74, 6) is 0. The molecule has 0 saturated carbocycles. The van der Waals surface area contributed by atoms with Gasteiger partial charge in [0.2, 0.25) is 0 Å². The Bertz CT molecular complexity index is 218. The van der Waals surface area contributed by atoms with E-state index in [0.717, 1.165) is 38.1 Å². The molecule has 16 heavy (non-hydrogen) atoms. The molecule has 0 aromatic heterocycles. The second-order valence-electron chi connectivity index (χ2n) is 4.45. The fraction of sp³-hybridized carbons (Fsp3) is 1.00. The van der Waals surface area contributed by atoms with Gasteiger partial charge in [0, 0.05) is 0 Å². The van der Waals surface area contributed by atoms with Gasteiger partial charge in [0.1, 0.15) is 0 Å². The topological polar surface area (TPSA) is 52.4 Å². The van der Waals surface area contributed by atoms with Crippen molar-refractivity contribution in [2.75, 3.05) is 3.22 Å². The molecule has 0 saturated heterocycles. The van der Waals surface area contributed by atoms with E-state index < -0.39 is 17.9 Å². The maximum atomic E-state index is 10.8. The SMILES string of the molecule is CCC[As](CI)(CCC)(CCC)O[N+](=O)[O-]. The molecule has 0 heterocycles. The van der Waals surface area contributed by atoms with Crippen molar-refractivity contribution >= 4 is 35.4 Å². The summed E-state index contributed by atoms with van der Waals surface area (Å²) >= 11 is -0.871. The molecule has 0 bridgehead atoms. The molecule has 0 atom stereocenters. The third kappa shape index (κ3) is 4.06. The molecule has 4 nitrogen and oxygen atoms in total. The van der Waals surface area contributed by atoms with E-state index in [9.17, 15) is 10.1 Å². The molecule has 0 aliphatic heterocycles. The summed E-state index contributed by atoms with van der Waals surface area (Å²) in [6.07, 6.45) is 2.97. The van der Waals surface area contributed by atoms with E-state index in [-0.39, 0.29) is 0 Å². The first-order valence-corrected chi connectivity index (χ1v) is 13.5. The van der Waals surface area contributed by atoms with Crippen LogP contribution in [0.15, 0.2) is 0 Å². The summed E-state index contributed by atoms with van der Waals surface area (Å²) in [5, 5.41) is 13.1. The summed E-state index contributed by atoms with van der Waals surface area (Å²) < 4.78 is 6.24. The molecule has 98 valence electrons. The molecule has 0 aliphatic carbocycles. The third-order valence-corrected chi connectivity index (χ3v) is 24.4. The molecule has 0 radical (unpaired) electrons. The first-order valence-electron chi connectivity index (χ1n) is 5.88. The number of hydrogen-bond acceptors (Lipinski definition) is 3. The normalized spacial score (nSPS) is 14.1. The zero-order valence-electron chi connectivity index (χ0n) is 10.4. The average Bonchev–Trinajstić information content (AvgIpc) is 2.18. The monoisotopic (exact) mass is 407 g/mol. The number of nitrogens with zero attached hydrogens (tertiary/aromatic N) is 1. The number of alkyl halides is 1. The van der Waals surface area contributed by atoms with Crippen LogP contribution >= 0.6 is 22.6 Å². The molecule has 0 aliphatic rings. The van der Waals surface area contributed by atoms with E-state index in [4.69, 9.17) is 3.83 Å². The fourth-order valence-electron chi connectivity index (χ4n) is 2.54. The van der Waals surface area contributed by atoms with Crippen LogP contribution in [0.2, 0.25) is 15.6 Å². The molecular formula is C10H23AsINO3. The van der Waals surface area contributed by atoms with Gasteiger partial charge in [0.15, 0.2) is 0 Å². The second-order valence-corrected chi connectivity index (χ2v) is 19.5. The van der Waals surface area contributed by atoms with Crippen molar-refractivity contribution in [2.45, 2.75) is 55.7 Å². The maximum absolute atomic E-state index is 10.8. The molecule has 0 fully saturated rings. The van der Waals surface area contributed by atoms with Gasteiger partial charge in [0.25, 0.3) is 0 Å². The zero-order chi connectivity index (χ0) is 12.7. The molecule has 0 aromatic rings. The van der Waals surface area contributed by atoms with Gasteiger partial charge in [-0.3, -0.25) is 0 Å². The van der Waals surface area contributed by atoms with Gasteiger partial charge in [-0.2, -0.15) is 0 Å². The number of hydrogen-bond donors (Lipinski definition) is 0.